The lowest BCUT2D eigenvalue weighted by molar-refractivity contribution is -0.134. The van der Waals surface area contributed by atoms with Gasteiger partial charge in [-0.2, -0.15) is 0 Å². The second-order valence-electron chi connectivity index (χ2n) is 8.35. The van der Waals surface area contributed by atoms with Gasteiger partial charge in [0.25, 0.3) is 5.97 Å². The summed E-state index contributed by atoms with van der Waals surface area (Å²) in [4.78, 5) is 21.6. The van der Waals surface area contributed by atoms with Gasteiger partial charge >= 0.3 is 0 Å². The zero-order chi connectivity index (χ0) is 23.8. The Kier molecular flexibility index (Phi) is 8.52. The lowest BCUT2D eigenvalue weighted by atomic mass is 9.86. The standard InChI is InChI=1S/C26H26O3.C2H4O2/c27-23(19-9-2-1-3-10-19)13-7-6-12-22-24(28)17-25(29)26(22)21-15-14-18-8-4-5-11-20(18)16-21;1-2(3)4/h1-6,8-12,14-16,22-24,26-28H,7,13,17H2;1H3,(H,3,4)/t22-,23-,24+,26-;/m0./s1. The second kappa shape index (κ2) is 11.5. The Balaban J connectivity index is 0.000000709. The lowest BCUT2D eigenvalue weighted by Gasteiger charge is -2.18. The topological polar surface area (TPSA) is 94.8 Å². The number of carboxylic acids is 1. The Morgan fingerprint density at radius 3 is 2.36 bits per heavy atom. The fourth-order valence-corrected chi connectivity index (χ4v) is 4.30. The normalized spacial score (nSPS) is 21.1. The van der Waals surface area contributed by atoms with E-state index in [1.165, 1.54) is 0 Å². The van der Waals surface area contributed by atoms with E-state index in [0.717, 1.165) is 28.8 Å². The minimum Gasteiger partial charge on any atom is -0.481 e. The molecular formula is C28H30O5. The Bertz CT molecular complexity index is 1100. The van der Waals surface area contributed by atoms with Crippen molar-refractivity contribution in [3.63, 3.8) is 0 Å². The van der Waals surface area contributed by atoms with Gasteiger partial charge in [0.15, 0.2) is 0 Å². The number of carboxylic acid groups (broad SMARTS) is 1. The van der Waals surface area contributed by atoms with Crippen LogP contribution in [0.1, 0.15) is 49.3 Å². The molecule has 0 spiro atoms. The second-order valence-corrected chi connectivity index (χ2v) is 8.35. The lowest BCUT2D eigenvalue weighted by Crippen LogP contribution is -2.17. The van der Waals surface area contributed by atoms with Gasteiger partial charge in [-0.25, -0.2) is 0 Å². The van der Waals surface area contributed by atoms with Crippen LogP contribution in [0.4, 0.5) is 0 Å². The first-order chi connectivity index (χ1) is 15.9. The van der Waals surface area contributed by atoms with Crippen molar-refractivity contribution in [2.24, 2.45) is 5.92 Å². The molecule has 1 aliphatic rings. The van der Waals surface area contributed by atoms with Gasteiger partial charge in [0.2, 0.25) is 0 Å². The maximum Gasteiger partial charge on any atom is 0.300 e. The molecule has 1 saturated carbocycles. The first-order valence-electron chi connectivity index (χ1n) is 11.2. The maximum atomic E-state index is 12.6. The Hall–Kier alpha value is -3.28. The number of fused-ring (bicyclic) bond motifs is 1. The van der Waals surface area contributed by atoms with Crippen LogP contribution in [0.3, 0.4) is 0 Å². The van der Waals surface area contributed by atoms with E-state index in [2.05, 4.69) is 12.1 Å². The van der Waals surface area contributed by atoms with E-state index in [1.807, 2.05) is 72.8 Å². The summed E-state index contributed by atoms with van der Waals surface area (Å²) >= 11 is 0. The largest absolute Gasteiger partial charge is 0.481 e. The molecule has 0 amide bonds. The molecule has 3 aromatic carbocycles. The Labute approximate surface area is 194 Å². The zero-order valence-corrected chi connectivity index (χ0v) is 18.7. The van der Waals surface area contributed by atoms with Crippen LogP contribution in [-0.2, 0) is 9.59 Å². The van der Waals surface area contributed by atoms with Gasteiger partial charge in [0.05, 0.1) is 18.1 Å². The van der Waals surface area contributed by atoms with Gasteiger partial charge in [-0.3, -0.25) is 9.59 Å². The number of aliphatic hydroxyl groups is 2. The van der Waals surface area contributed by atoms with Crippen molar-refractivity contribution < 1.29 is 24.9 Å². The summed E-state index contributed by atoms with van der Waals surface area (Å²) in [5, 5.41) is 30.4. The van der Waals surface area contributed by atoms with Crippen molar-refractivity contribution in [2.75, 3.05) is 0 Å². The van der Waals surface area contributed by atoms with Gasteiger partial charge in [-0.15, -0.1) is 0 Å². The fourth-order valence-electron chi connectivity index (χ4n) is 4.30. The fraction of sp³-hybridized carbons (Fsp3) is 0.286. The predicted octanol–water partition coefficient (Wildman–Crippen LogP) is 5.03. The van der Waals surface area contributed by atoms with Crippen LogP contribution in [0.2, 0.25) is 0 Å². The third-order valence-electron chi connectivity index (χ3n) is 5.87. The molecule has 4 rings (SSSR count). The third-order valence-corrected chi connectivity index (χ3v) is 5.87. The summed E-state index contributed by atoms with van der Waals surface area (Å²) in [6.45, 7) is 1.08. The number of hydrogen-bond donors (Lipinski definition) is 3. The number of allylic oxidation sites excluding steroid dienone is 1. The van der Waals surface area contributed by atoms with Gasteiger partial charge in [-0.1, -0.05) is 84.9 Å². The SMILES string of the molecule is CC(=O)O.O=C1C[C@@H](O)[C@H](C=CCC[C@H](O)c2ccccc2)[C@@H]1c1ccc2ccccc2c1. The number of carbonyl (C=O) groups is 2. The number of Topliss-reactive ketones (excluding diaryl/α,β-unsaturated/α-hetero) is 1. The van der Waals surface area contributed by atoms with Crippen LogP contribution in [0.15, 0.2) is 84.9 Å². The molecular weight excluding hydrogens is 416 g/mol. The molecule has 1 fully saturated rings. The highest BCUT2D eigenvalue weighted by Gasteiger charge is 2.40. The van der Waals surface area contributed by atoms with E-state index in [4.69, 9.17) is 9.90 Å². The first kappa shape index (κ1) is 24.4. The third kappa shape index (κ3) is 6.60. The van der Waals surface area contributed by atoms with Gasteiger partial charge in [-0.05, 0) is 34.7 Å². The molecule has 172 valence electrons. The summed E-state index contributed by atoms with van der Waals surface area (Å²) in [6.07, 6.45) is 4.29. The summed E-state index contributed by atoms with van der Waals surface area (Å²) < 4.78 is 0. The van der Waals surface area contributed by atoms with Crippen molar-refractivity contribution in [3.8, 4) is 0 Å². The number of rotatable bonds is 6. The highest BCUT2D eigenvalue weighted by Crippen LogP contribution is 2.39. The highest BCUT2D eigenvalue weighted by molar-refractivity contribution is 5.91. The summed E-state index contributed by atoms with van der Waals surface area (Å²) in [7, 11) is 0. The summed E-state index contributed by atoms with van der Waals surface area (Å²) in [5.41, 5.74) is 1.87. The Morgan fingerprint density at radius 2 is 1.67 bits per heavy atom. The zero-order valence-electron chi connectivity index (χ0n) is 18.7. The average molecular weight is 447 g/mol. The van der Waals surface area contributed by atoms with Crippen molar-refractivity contribution in [3.05, 3.63) is 96.1 Å². The van der Waals surface area contributed by atoms with Crippen LogP contribution in [0, 0.1) is 5.92 Å². The molecule has 0 saturated heterocycles. The smallest absolute Gasteiger partial charge is 0.300 e. The molecule has 4 atom stereocenters. The molecule has 1 aliphatic carbocycles. The summed E-state index contributed by atoms with van der Waals surface area (Å²) in [6, 6.07) is 23.8. The minimum absolute atomic E-state index is 0.0896. The van der Waals surface area contributed by atoms with E-state index in [0.29, 0.717) is 12.8 Å². The number of aliphatic hydroxyl groups excluding tert-OH is 2. The monoisotopic (exact) mass is 446 g/mol. The van der Waals surface area contributed by atoms with E-state index in [-0.39, 0.29) is 24.0 Å². The molecule has 0 aromatic heterocycles. The molecule has 0 unspecified atom stereocenters. The molecule has 3 N–H and O–H groups in total. The number of carbonyl (C=O) groups excluding carboxylic acids is 1. The molecule has 3 aromatic rings. The van der Waals surface area contributed by atoms with Crippen molar-refractivity contribution in [2.45, 2.75) is 44.3 Å². The minimum atomic E-state index is -0.833. The van der Waals surface area contributed by atoms with Gasteiger partial charge in [0.1, 0.15) is 5.78 Å². The van der Waals surface area contributed by atoms with E-state index >= 15 is 0 Å². The first-order valence-corrected chi connectivity index (χ1v) is 11.2. The number of ketones is 1. The van der Waals surface area contributed by atoms with Crippen LogP contribution in [0.25, 0.3) is 10.8 Å². The predicted molar refractivity (Wildman–Crippen MR) is 129 cm³/mol. The molecule has 0 heterocycles. The van der Waals surface area contributed by atoms with E-state index in [9.17, 15) is 15.0 Å². The molecule has 0 aliphatic heterocycles. The Morgan fingerprint density at radius 1 is 1.03 bits per heavy atom. The van der Waals surface area contributed by atoms with E-state index < -0.39 is 18.2 Å². The molecule has 0 radical (unpaired) electrons. The molecule has 33 heavy (non-hydrogen) atoms. The number of aliphatic carboxylic acids is 1. The van der Waals surface area contributed by atoms with Gasteiger partial charge < -0.3 is 15.3 Å². The highest BCUT2D eigenvalue weighted by atomic mass is 16.4. The molecule has 5 heteroatoms. The number of hydrogen-bond acceptors (Lipinski definition) is 4. The van der Waals surface area contributed by atoms with Crippen LogP contribution in [-0.4, -0.2) is 33.2 Å². The molecule has 0 bridgehead atoms. The molecule has 5 nitrogen and oxygen atoms in total. The van der Waals surface area contributed by atoms with Gasteiger partial charge in [0, 0.05) is 19.3 Å². The average Bonchev–Trinajstić information content (AvgIpc) is 3.09. The van der Waals surface area contributed by atoms with Crippen molar-refractivity contribution >= 4 is 22.5 Å². The van der Waals surface area contributed by atoms with Crippen LogP contribution < -0.4 is 0 Å². The van der Waals surface area contributed by atoms with Crippen LogP contribution >= 0.6 is 0 Å². The van der Waals surface area contributed by atoms with Crippen molar-refractivity contribution in [1.29, 1.82) is 0 Å². The van der Waals surface area contributed by atoms with E-state index in [1.54, 1.807) is 0 Å². The van der Waals surface area contributed by atoms with Crippen molar-refractivity contribution in [1.82, 2.24) is 0 Å². The maximum absolute atomic E-state index is 12.6. The van der Waals surface area contributed by atoms with Crippen LogP contribution in [0.5, 0.6) is 0 Å². The summed E-state index contributed by atoms with van der Waals surface area (Å²) in [5.74, 6) is -1.28. The quantitative estimate of drug-likeness (QED) is 0.462. The number of benzene rings is 3.